The van der Waals surface area contributed by atoms with Gasteiger partial charge in [-0.15, -0.1) is 0 Å². The number of rotatable bonds is 5. The quantitative estimate of drug-likeness (QED) is 0.866. The fourth-order valence-electron chi connectivity index (χ4n) is 2.06. The SMILES string of the molecule is CCn1nc(C)c2nc(N)n(CCS(=O)(=O)CC)c21. The largest absolute Gasteiger partial charge is 0.369 e. The van der Waals surface area contributed by atoms with Crippen LogP contribution in [-0.4, -0.2) is 39.3 Å². The number of nitrogens with zero attached hydrogens (tertiary/aromatic N) is 4. The average molecular weight is 285 g/mol. The predicted molar refractivity (Wildman–Crippen MR) is 74.7 cm³/mol. The summed E-state index contributed by atoms with van der Waals surface area (Å²) in [5.41, 5.74) is 8.22. The molecule has 106 valence electrons. The summed E-state index contributed by atoms with van der Waals surface area (Å²) in [6.07, 6.45) is 0. The molecule has 19 heavy (non-hydrogen) atoms. The molecule has 0 saturated carbocycles. The van der Waals surface area contributed by atoms with E-state index < -0.39 is 9.84 Å². The fraction of sp³-hybridized carbons (Fsp3) is 0.636. The summed E-state index contributed by atoms with van der Waals surface area (Å²) in [5, 5.41) is 4.36. The first-order valence-corrected chi connectivity index (χ1v) is 8.11. The van der Waals surface area contributed by atoms with Crippen LogP contribution in [0.5, 0.6) is 0 Å². The molecule has 0 bridgehead atoms. The molecule has 2 aromatic heterocycles. The van der Waals surface area contributed by atoms with Gasteiger partial charge in [0.15, 0.2) is 15.5 Å². The normalized spacial score (nSPS) is 12.4. The van der Waals surface area contributed by atoms with Crippen molar-refractivity contribution < 1.29 is 8.42 Å². The number of hydrogen-bond acceptors (Lipinski definition) is 5. The number of nitrogens with two attached hydrogens (primary N) is 1. The van der Waals surface area contributed by atoms with Crippen LogP contribution in [0.3, 0.4) is 0 Å². The maximum Gasteiger partial charge on any atom is 0.202 e. The van der Waals surface area contributed by atoms with E-state index >= 15 is 0 Å². The molecule has 0 aliphatic heterocycles. The third-order valence-corrected chi connectivity index (χ3v) is 4.88. The minimum Gasteiger partial charge on any atom is -0.369 e. The lowest BCUT2D eigenvalue weighted by molar-refractivity contribution is 0.589. The van der Waals surface area contributed by atoms with Crippen LogP contribution in [0.15, 0.2) is 0 Å². The Hall–Kier alpha value is -1.57. The van der Waals surface area contributed by atoms with Crippen molar-refractivity contribution in [2.45, 2.75) is 33.9 Å². The number of sulfone groups is 1. The zero-order chi connectivity index (χ0) is 14.2. The summed E-state index contributed by atoms with van der Waals surface area (Å²) in [5.74, 6) is 0.535. The summed E-state index contributed by atoms with van der Waals surface area (Å²) < 4.78 is 26.7. The van der Waals surface area contributed by atoms with Crippen LogP contribution in [0.2, 0.25) is 0 Å². The molecule has 0 amide bonds. The summed E-state index contributed by atoms with van der Waals surface area (Å²) in [7, 11) is -3.03. The van der Waals surface area contributed by atoms with Gasteiger partial charge in [0.2, 0.25) is 5.95 Å². The van der Waals surface area contributed by atoms with Crippen LogP contribution in [0.1, 0.15) is 19.5 Å². The summed E-state index contributed by atoms with van der Waals surface area (Å²) >= 11 is 0. The number of nitrogen functional groups attached to an aromatic ring is 1. The van der Waals surface area contributed by atoms with Crippen LogP contribution in [0, 0.1) is 6.92 Å². The van der Waals surface area contributed by atoms with E-state index in [2.05, 4.69) is 10.1 Å². The summed E-state index contributed by atoms with van der Waals surface area (Å²) in [6.45, 7) is 6.48. The van der Waals surface area contributed by atoms with E-state index in [0.717, 1.165) is 16.9 Å². The van der Waals surface area contributed by atoms with E-state index in [0.29, 0.717) is 19.0 Å². The Bertz CT molecular complexity index is 698. The molecule has 0 saturated heterocycles. The molecule has 0 fully saturated rings. The minimum absolute atomic E-state index is 0.0626. The van der Waals surface area contributed by atoms with Gasteiger partial charge in [-0.25, -0.2) is 18.1 Å². The molecule has 7 nitrogen and oxygen atoms in total. The number of hydrogen-bond donors (Lipinski definition) is 1. The Balaban J connectivity index is 2.45. The Morgan fingerprint density at radius 2 is 2.00 bits per heavy atom. The van der Waals surface area contributed by atoms with Crippen molar-refractivity contribution in [2.75, 3.05) is 17.2 Å². The van der Waals surface area contributed by atoms with Gasteiger partial charge in [0.1, 0.15) is 5.52 Å². The Labute approximate surface area is 112 Å². The van der Waals surface area contributed by atoms with Crippen molar-refractivity contribution in [3.05, 3.63) is 5.69 Å². The minimum atomic E-state index is -3.03. The molecule has 2 heterocycles. The first-order chi connectivity index (χ1) is 8.89. The number of imidazole rings is 1. The van der Waals surface area contributed by atoms with Gasteiger partial charge < -0.3 is 5.73 Å². The third kappa shape index (κ3) is 2.44. The summed E-state index contributed by atoms with van der Waals surface area (Å²) in [4.78, 5) is 4.27. The van der Waals surface area contributed by atoms with Crippen molar-refractivity contribution in [1.82, 2.24) is 19.3 Å². The number of fused-ring (bicyclic) bond motifs is 1. The molecule has 2 aromatic rings. The lowest BCUT2D eigenvalue weighted by Gasteiger charge is -2.07. The highest BCUT2D eigenvalue weighted by molar-refractivity contribution is 7.91. The van der Waals surface area contributed by atoms with E-state index in [4.69, 9.17) is 5.73 Å². The van der Waals surface area contributed by atoms with E-state index in [1.807, 2.05) is 13.8 Å². The molecule has 0 spiro atoms. The number of anilines is 1. The second-order valence-electron chi connectivity index (χ2n) is 4.43. The molecular weight excluding hydrogens is 266 g/mol. The molecule has 2 N–H and O–H groups in total. The molecule has 0 aliphatic carbocycles. The van der Waals surface area contributed by atoms with Gasteiger partial charge in [0.05, 0.1) is 11.4 Å². The van der Waals surface area contributed by atoms with E-state index in [1.54, 1.807) is 16.2 Å². The first kappa shape index (κ1) is 13.9. The highest BCUT2D eigenvalue weighted by atomic mass is 32.2. The van der Waals surface area contributed by atoms with Gasteiger partial charge in [-0.3, -0.25) is 4.57 Å². The van der Waals surface area contributed by atoms with Gasteiger partial charge in [-0.2, -0.15) is 5.10 Å². The van der Waals surface area contributed by atoms with Gasteiger partial charge in [-0.1, -0.05) is 6.92 Å². The van der Waals surface area contributed by atoms with Gasteiger partial charge in [-0.05, 0) is 13.8 Å². The van der Waals surface area contributed by atoms with Gasteiger partial charge in [0, 0.05) is 18.8 Å². The molecule has 0 unspecified atom stereocenters. The van der Waals surface area contributed by atoms with Gasteiger partial charge >= 0.3 is 0 Å². The first-order valence-electron chi connectivity index (χ1n) is 6.29. The van der Waals surface area contributed by atoms with E-state index in [-0.39, 0.29) is 11.5 Å². The topological polar surface area (TPSA) is 95.8 Å². The molecule has 0 aromatic carbocycles. The lowest BCUT2D eigenvalue weighted by Crippen LogP contribution is -2.17. The molecule has 2 rings (SSSR count). The van der Waals surface area contributed by atoms with Crippen molar-refractivity contribution in [2.24, 2.45) is 0 Å². The average Bonchev–Trinajstić information content (AvgIpc) is 2.85. The van der Waals surface area contributed by atoms with Crippen LogP contribution in [0.25, 0.3) is 11.2 Å². The monoisotopic (exact) mass is 285 g/mol. The molecular formula is C11H19N5O2S. The predicted octanol–water partition coefficient (Wildman–Crippen LogP) is 0.578. The van der Waals surface area contributed by atoms with Crippen molar-refractivity contribution in [1.29, 1.82) is 0 Å². The van der Waals surface area contributed by atoms with Gasteiger partial charge in [0.25, 0.3) is 0 Å². The second kappa shape index (κ2) is 4.84. The highest BCUT2D eigenvalue weighted by Crippen LogP contribution is 2.21. The van der Waals surface area contributed by atoms with Crippen LogP contribution in [-0.2, 0) is 22.9 Å². The maximum absolute atomic E-state index is 11.6. The highest BCUT2D eigenvalue weighted by Gasteiger charge is 2.18. The summed E-state index contributed by atoms with van der Waals surface area (Å²) in [6, 6.07) is 0. The standard InChI is InChI=1S/C11H19N5O2S/c1-4-16-10-9(8(3)14-16)13-11(12)15(10)6-7-19(17,18)5-2/h4-7H2,1-3H3,(H2,12,13). The number of aryl methyl sites for hydroxylation is 3. The zero-order valence-electron chi connectivity index (χ0n) is 11.4. The molecule has 0 radical (unpaired) electrons. The Kier molecular flexibility index (Phi) is 3.53. The smallest absolute Gasteiger partial charge is 0.202 e. The van der Waals surface area contributed by atoms with Crippen molar-refractivity contribution >= 4 is 26.9 Å². The fourth-order valence-corrected chi connectivity index (χ4v) is 2.81. The van der Waals surface area contributed by atoms with Crippen LogP contribution in [0.4, 0.5) is 5.95 Å². The Morgan fingerprint density at radius 1 is 1.32 bits per heavy atom. The van der Waals surface area contributed by atoms with E-state index in [9.17, 15) is 8.42 Å². The third-order valence-electron chi connectivity index (χ3n) is 3.19. The van der Waals surface area contributed by atoms with Crippen molar-refractivity contribution in [3.8, 4) is 0 Å². The van der Waals surface area contributed by atoms with Crippen LogP contribution < -0.4 is 5.73 Å². The second-order valence-corrected chi connectivity index (χ2v) is 6.90. The molecule has 8 heteroatoms. The Morgan fingerprint density at radius 3 is 2.58 bits per heavy atom. The van der Waals surface area contributed by atoms with E-state index in [1.165, 1.54) is 0 Å². The van der Waals surface area contributed by atoms with Crippen LogP contribution >= 0.6 is 0 Å². The maximum atomic E-state index is 11.6. The molecule has 0 aliphatic rings. The molecule has 0 atom stereocenters. The number of aromatic nitrogens is 4. The van der Waals surface area contributed by atoms with Crippen molar-refractivity contribution in [3.63, 3.8) is 0 Å². The zero-order valence-corrected chi connectivity index (χ0v) is 12.2. The lowest BCUT2D eigenvalue weighted by atomic mass is 10.4.